The van der Waals surface area contributed by atoms with Gasteiger partial charge in [-0.05, 0) is 192 Å². The third kappa shape index (κ3) is 9.29. The van der Waals surface area contributed by atoms with E-state index in [4.69, 9.17) is 17.9 Å². The Morgan fingerprint density at radius 1 is 0.505 bits per heavy atom. The molecule has 0 saturated heterocycles. The number of fused-ring (bicyclic) bond motifs is 14. The minimum Gasteiger partial charge on any atom is -0.510 e. The summed E-state index contributed by atoms with van der Waals surface area (Å²) < 4.78 is 70.7. The third-order valence-corrected chi connectivity index (χ3v) is 19.5. The second-order valence-electron chi connectivity index (χ2n) is 28.3. The van der Waals surface area contributed by atoms with Gasteiger partial charge in [0.05, 0.1) is 33.4 Å². The van der Waals surface area contributed by atoms with Crippen molar-refractivity contribution in [2.75, 3.05) is 0 Å². The van der Waals surface area contributed by atoms with E-state index in [-0.39, 0.29) is 59.4 Å². The summed E-state index contributed by atoms with van der Waals surface area (Å²) in [7, 11) is 0. The van der Waals surface area contributed by atoms with Crippen LogP contribution in [0.2, 0.25) is 0 Å². The van der Waals surface area contributed by atoms with E-state index in [0.29, 0.717) is 28.4 Å². The molecule has 16 rings (SSSR count). The summed E-state index contributed by atoms with van der Waals surface area (Å²) >= 11 is 0. The van der Waals surface area contributed by atoms with Gasteiger partial charge in [0.25, 0.3) is 6.33 Å². The number of benzene rings is 10. The van der Waals surface area contributed by atoms with Gasteiger partial charge in [-0.1, -0.05) is 184 Å². The Bertz CT molecular complexity index is 5510. The zero-order valence-electron chi connectivity index (χ0n) is 58.9. The molecule has 14 aromatic rings. The Hall–Kier alpha value is -9.09. The molecule has 4 aromatic heterocycles. The SMILES string of the molecule is [2H]C([2H])([2H])c1cccc(C([2H])([2H])[2H])c1-c1cc2c(c(-n3c4ccccc4c4ccccc43)c1)-[n+]1[c-]n(-c3[c-]c(Oc4[c-]c5c(cc4)c4ccccc4n5-c4cc(C(C)(C)C)ccn4)ccc3)c3cc(C(C)(C)C)cc(c31)-c1ccccc1-c1cc3c(cc1-2)C(C)(C)CCC3(C)C.[Pt]. The second kappa shape index (κ2) is 21.0. The Balaban J connectivity index is 0.00000770. The molecule has 5 heterocycles. The molecule has 0 unspecified atom stereocenters. The van der Waals surface area contributed by atoms with Crippen LogP contribution in [0.25, 0.3) is 122 Å². The summed E-state index contributed by atoms with van der Waals surface area (Å²) in [5.41, 5.74) is 17.7. The fourth-order valence-corrected chi connectivity index (χ4v) is 14.6. The number of hydrogen-bond acceptors (Lipinski definition) is 2. The molecule has 0 amide bonds. The van der Waals surface area contributed by atoms with Crippen molar-refractivity contribution in [1.29, 1.82) is 0 Å². The molecule has 6 nitrogen and oxygen atoms in total. The number of pyridine rings is 1. The molecule has 0 N–H and O–H groups in total. The number of rotatable bonds is 6. The van der Waals surface area contributed by atoms with Gasteiger partial charge in [0.15, 0.2) is 0 Å². The van der Waals surface area contributed by atoms with Gasteiger partial charge in [0.2, 0.25) is 0 Å². The predicted molar refractivity (Wildman–Crippen MR) is 372 cm³/mol. The third-order valence-electron chi connectivity index (χ3n) is 19.5. The van der Waals surface area contributed by atoms with Crippen LogP contribution in [0.4, 0.5) is 0 Å². The van der Waals surface area contributed by atoms with Crippen molar-refractivity contribution in [1.82, 2.24) is 18.7 Å². The first kappa shape index (κ1) is 51.6. The molecule has 0 fully saturated rings. The largest absolute Gasteiger partial charge is 0.510 e. The molecule has 1 aliphatic heterocycles. The minimum atomic E-state index is -2.69. The minimum absolute atomic E-state index is 0. The van der Waals surface area contributed by atoms with Crippen molar-refractivity contribution in [3.05, 3.63) is 252 Å². The molecule has 0 spiro atoms. The molecule has 452 valence electrons. The maximum absolute atomic E-state index is 9.15. The predicted octanol–water partition coefficient (Wildman–Crippen LogP) is 21.2. The van der Waals surface area contributed by atoms with Crippen molar-refractivity contribution < 1.29 is 38.6 Å². The fourth-order valence-electron chi connectivity index (χ4n) is 14.6. The van der Waals surface area contributed by atoms with Crippen molar-refractivity contribution >= 4 is 54.6 Å². The van der Waals surface area contributed by atoms with E-state index in [0.717, 1.165) is 118 Å². The van der Waals surface area contributed by atoms with Crippen LogP contribution in [0.15, 0.2) is 200 Å². The Labute approximate surface area is 557 Å². The molecule has 1 aliphatic carbocycles. The number of hydrogen-bond donors (Lipinski definition) is 0. The summed E-state index contributed by atoms with van der Waals surface area (Å²) in [6, 6.07) is 73.9. The maximum Gasteiger partial charge on any atom is 0.268 e. The zero-order chi connectivity index (χ0) is 66.9. The average molecular weight is 1370 g/mol. The maximum atomic E-state index is 9.15. The Morgan fingerprint density at radius 3 is 1.71 bits per heavy atom. The van der Waals surface area contributed by atoms with Crippen molar-refractivity contribution in [2.45, 2.75) is 117 Å². The fraction of sp³-hybridized carbons (Fsp3) is 0.214. The topological polar surface area (TPSA) is 40.8 Å². The van der Waals surface area contributed by atoms with Gasteiger partial charge in [-0.3, -0.25) is 4.57 Å². The zero-order valence-corrected chi connectivity index (χ0v) is 55.2. The van der Waals surface area contributed by atoms with E-state index < -0.39 is 13.7 Å². The van der Waals surface area contributed by atoms with Gasteiger partial charge in [0.1, 0.15) is 5.82 Å². The van der Waals surface area contributed by atoms with E-state index in [1.165, 1.54) is 16.7 Å². The van der Waals surface area contributed by atoms with E-state index in [9.17, 15) is 0 Å². The van der Waals surface area contributed by atoms with E-state index in [2.05, 4.69) is 252 Å². The van der Waals surface area contributed by atoms with Crippen LogP contribution >= 0.6 is 0 Å². The van der Waals surface area contributed by atoms with Gasteiger partial charge in [-0.15, -0.1) is 29.7 Å². The molecule has 0 radical (unpaired) electrons. The summed E-state index contributed by atoms with van der Waals surface area (Å²) in [6.07, 6.45) is 7.91. The normalized spacial score (nSPS) is 15.4. The molecule has 91 heavy (non-hydrogen) atoms. The molecular formula is C84H73N5OPt-2. The van der Waals surface area contributed by atoms with Crippen LogP contribution < -0.4 is 9.30 Å². The first-order valence-electron chi connectivity index (χ1n) is 34.4. The molecule has 0 bridgehead atoms. The van der Waals surface area contributed by atoms with E-state index >= 15 is 0 Å². The van der Waals surface area contributed by atoms with Crippen LogP contribution in [0.3, 0.4) is 0 Å². The molecular weight excluding hydrogens is 1290 g/mol. The van der Waals surface area contributed by atoms with Gasteiger partial charge in [-0.25, -0.2) is 4.98 Å². The summed E-state index contributed by atoms with van der Waals surface area (Å²) in [6.45, 7) is 17.4. The van der Waals surface area contributed by atoms with Crippen molar-refractivity contribution in [2.24, 2.45) is 0 Å². The molecule has 7 heteroatoms. The Morgan fingerprint density at radius 2 is 1.08 bits per heavy atom. The van der Waals surface area contributed by atoms with Gasteiger partial charge >= 0.3 is 0 Å². The van der Waals surface area contributed by atoms with Crippen LogP contribution in [0, 0.1) is 32.2 Å². The summed E-state index contributed by atoms with van der Waals surface area (Å²) in [5.74, 6) is 1.78. The standard InChI is InChI=1S/C84H73N5O.Pt/c1-51-23-21-24-52(2)78(51)53-41-67-66-49-70-69(83(9,10)38-39-84(70,11)12)48-65(66)59-27-13-14-28-60(59)68-43-55(82(6,7)8)44-75-79(68)87(80(67)76(42-53)88-71-32-18-15-29-61(71)62-30-16-19-33-72(62)88)50-86(75)56-25-22-26-57(46-56)90-58-35-36-64-63-31-17-20-34-73(63)89(74(64)47-58)77-45-54(37-40-85-77)81(3,4)5;/h13-37,40-45,48-49H,38-39H2,1-12H3;/q-2;/i1D3,2D3;. The van der Waals surface area contributed by atoms with Crippen LogP contribution in [0.5, 0.6) is 11.5 Å². The van der Waals surface area contributed by atoms with Gasteiger partial charge in [-0.2, -0.15) is 18.2 Å². The van der Waals surface area contributed by atoms with Crippen molar-refractivity contribution in [3.63, 3.8) is 0 Å². The average Bonchev–Trinajstić information content (AvgIpc) is 1.69. The second-order valence-corrected chi connectivity index (χ2v) is 28.3. The molecule has 10 aromatic carbocycles. The van der Waals surface area contributed by atoms with E-state index in [1.807, 2.05) is 36.5 Å². The monoisotopic (exact) mass is 1370 g/mol. The van der Waals surface area contributed by atoms with E-state index in [1.54, 1.807) is 18.2 Å². The number of nitrogens with zero attached hydrogens (tertiary/aromatic N) is 5. The smallest absolute Gasteiger partial charge is 0.268 e. The quantitative estimate of drug-likeness (QED) is 0.123. The van der Waals surface area contributed by atoms with Crippen molar-refractivity contribution in [3.8, 4) is 78.9 Å². The van der Waals surface area contributed by atoms with Gasteiger partial charge < -0.3 is 18.4 Å². The molecule has 0 atom stereocenters. The van der Waals surface area contributed by atoms with Crippen LogP contribution in [-0.4, -0.2) is 18.7 Å². The Kier molecular flexibility index (Phi) is 11.9. The molecule has 0 saturated carbocycles. The number of ether oxygens (including phenoxy) is 1. The first-order chi connectivity index (χ1) is 45.6. The summed E-state index contributed by atoms with van der Waals surface area (Å²) in [5, 5.41) is 4.16. The number of para-hydroxylation sites is 3. The number of imidazole rings is 1. The van der Waals surface area contributed by atoms with Crippen LogP contribution in [-0.2, 0) is 42.7 Å². The number of aromatic nitrogens is 5. The summed E-state index contributed by atoms with van der Waals surface area (Å²) in [4.78, 5) is 4.94. The van der Waals surface area contributed by atoms with Gasteiger partial charge in [0, 0.05) is 63.3 Å². The molecule has 2 aliphatic rings. The number of aryl methyl sites for hydroxylation is 2. The van der Waals surface area contributed by atoms with Crippen LogP contribution in [0.1, 0.15) is 124 Å². The first-order valence-corrected chi connectivity index (χ1v) is 31.4.